The lowest BCUT2D eigenvalue weighted by atomic mass is 9.76. The molecule has 0 amide bonds. The van der Waals surface area contributed by atoms with Crippen molar-refractivity contribution in [3.63, 3.8) is 0 Å². The Morgan fingerprint density at radius 3 is 1.40 bits per heavy atom. The van der Waals surface area contributed by atoms with Gasteiger partial charge in [-0.05, 0) is 87.9 Å². The molecule has 0 radical (unpaired) electrons. The highest BCUT2D eigenvalue weighted by atomic mass is 16.5. The third-order valence-electron chi connectivity index (χ3n) is 13.7. The van der Waals surface area contributed by atoms with Crippen molar-refractivity contribution in [1.82, 2.24) is 21.3 Å². The molecule has 5 rings (SSSR count). The highest BCUT2D eigenvalue weighted by molar-refractivity contribution is 5.67. The maximum absolute atomic E-state index is 11.7. The Morgan fingerprint density at radius 1 is 0.622 bits per heavy atom. The molecule has 7 N–H and O–H groups in total. The number of ether oxygens (including phenoxy) is 1. The maximum Gasteiger partial charge on any atom is 0.303 e. The molecule has 0 aromatic heterocycles. The van der Waals surface area contributed by atoms with E-state index in [9.17, 15) is 24.9 Å². The van der Waals surface area contributed by atoms with Gasteiger partial charge in [-0.3, -0.25) is 9.59 Å². The van der Waals surface area contributed by atoms with Crippen LogP contribution in [0.1, 0.15) is 92.9 Å². The number of aliphatic hydroxyl groups is 1. The van der Waals surface area contributed by atoms with E-state index < -0.39 is 18.0 Å². The molecule has 5 heterocycles. The van der Waals surface area contributed by atoms with Crippen LogP contribution in [0.15, 0.2) is 0 Å². The first kappa shape index (κ1) is 35.0. The molecule has 10 heteroatoms. The van der Waals surface area contributed by atoms with Crippen LogP contribution >= 0.6 is 0 Å². The lowest BCUT2D eigenvalue weighted by Crippen LogP contribution is -2.46. The van der Waals surface area contributed by atoms with Gasteiger partial charge in [-0.15, -0.1) is 0 Å². The summed E-state index contributed by atoms with van der Waals surface area (Å²) in [4.78, 5) is 23.4. The van der Waals surface area contributed by atoms with Crippen LogP contribution < -0.4 is 21.3 Å². The number of carboxylic acid groups (broad SMARTS) is 2. The Balaban J connectivity index is 1.49. The molecule has 258 valence electrons. The fourth-order valence-corrected chi connectivity index (χ4v) is 11.1. The normalized spacial score (nSPS) is 47.9. The largest absolute Gasteiger partial charge is 0.481 e. The van der Waals surface area contributed by atoms with Crippen molar-refractivity contribution in [2.24, 2.45) is 47.3 Å². The van der Waals surface area contributed by atoms with E-state index in [1.165, 1.54) is 0 Å². The zero-order valence-electron chi connectivity index (χ0n) is 28.6. The van der Waals surface area contributed by atoms with E-state index in [1.807, 2.05) is 14.0 Å². The molecular weight excluding hydrogens is 572 g/mol. The van der Waals surface area contributed by atoms with Gasteiger partial charge in [-0.25, -0.2) is 0 Å². The zero-order valence-corrected chi connectivity index (χ0v) is 28.6. The number of aliphatic carboxylic acids is 2. The van der Waals surface area contributed by atoms with Gasteiger partial charge in [-0.2, -0.15) is 0 Å². The van der Waals surface area contributed by atoms with Gasteiger partial charge in [-0.1, -0.05) is 27.7 Å². The first-order valence-corrected chi connectivity index (χ1v) is 18.0. The molecule has 10 nitrogen and oxygen atoms in total. The van der Waals surface area contributed by atoms with Gasteiger partial charge >= 0.3 is 11.9 Å². The summed E-state index contributed by atoms with van der Waals surface area (Å²) in [7, 11) is 1.81. The second-order valence-electron chi connectivity index (χ2n) is 15.9. The lowest BCUT2D eigenvalue weighted by molar-refractivity contribution is -0.138. The van der Waals surface area contributed by atoms with Crippen LogP contribution in [-0.4, -0.2) is 94.9 Å². The van der Waals surface area contributed by atoms with Crippen LogP contribution in [0.2, 0.25) is 0 Å². The van der Waals surface area contributed by atoms with Crippen molar-refractivity contribution < 1.29 is 29.6 Å². The van der Waals surface area contributed by atoms with E-state index in [0.29, 0.717) is 48.5 Å². The van der Waals surface area contributed by atoms with Crippen LogP contribution in [-0.2, 0) is 14.3 Å². The average Bonchev–Trinajstić information content (AvgIpc) is 3.63. The summed E-state index contributed by atoms with van der Waals surface area (Å²) in [5.74, 6) is 0.879. The minimum Gasteiger partial charge on any atom is -0.481 e. The average molecular weight is 635 g/mol. The van der Waals surface area contributed by atoms with Gasteiger partial charge in [0.05, 0.1) is 12.2 Å². The van der Waals surface area contributed by atoms with Gasteiger partial charge in [0.1, 0.15) is 0 Å². The molecule has 0 aromatic rings. The molecule has 0 aliphatic carbocycles. The Morgan fingerprint density at radius 2 is 0.978 bits per heavy atom. The number of hydrogen-bond donors (Lipinski definition) is 7. The molecule has 0 spiro atoms. The molecule has 5 fully saturated rings. The number of nitrogens with one attached hydrogen (secondary N) is 4. The smallest absolute Gasteiger partial charge is 0.303 e. The van der Waals surface area contributed by atoms with E-state index in [0.717, 1.165) is 25.7 Å². The number of carbonyl (C=O) groups is 2. The number of rotatable bonds is 9. The molecule has 18 atom stereocenters. The van der Waals surface area contributed by atoms with Crippen molar-refractivity contribution in [1.29, 1.82) is 0 Å². The van der Waals surface area contributed by atoms with E-state index in [1.54, 1.807) is 0 Å². The van der Waals surface area contributed by atoms with Crippen LogP contribution in [0.25, 0.3) is 0 Å². The minimum atomic E-state index is -0.750. The monoisotopic (exact) mass is 634 g/mol. The predicted octanol–water partition coefficient (Wildman–Crippen LogP) is 3.08. The number of aliphatic hydroxyl groups excluding tert-OH is 1. The number of hydrogen-bond acceptors (Lipinski definition) is 8. The van der Waals surface area contributed by atoms with E-state index in [2.05, 4.69) is 55.9 Å². The Bertz CT molecular complexity index is 1030. The first-order chi connectivity index (χ1) is 21.3. The molecule has 5 saturated heterocycles. The minimum absolute atomic E-state index is 0.104. The van der Waals surface area contributed by atoms with Crippen LogP contribution in [0.3, 0.4) is 0 Å². The van der Waals surface area contributed by atoms with Crippen LogP contribution in [0.4, 0.5) is 0 Å². The van der Waals surface area contributed by atoms with Crippen molar-refractivity contribution in [3.05, 3.63) is 0 Å². The number of carboxylic acids is 2. The van der Waals surface area contributed by atoms with E-state index >= 15 is 0 Å². The highest BCUT2D eigenvalue weighted by Crippen LogP contribution is 2.45. The van der Waals surface area contributed by atoms with Crippen molar-refractivity contribution in [2.45, 2.75) is 153 Å². The fourth-order valence-electron chi connectivity index (χ4n) is 11.1. The van der Waals surface area contributed by atoms with E-state index in [-0.39, 0.29) is 79.0 Å². The molecule has 5 aliphatic heterocycles. The standard InChI is InChI=1S/C35H62N4O6/c1-16-22(8-10-32(41)42)28-15-29-23(9-11-33(43)44)17(2)25(37-29)13-31-35(21(6)45-7)19(4)27(39-31)14-30-34(20(5)40)18(3)26(38-30)12-24(16)36-28/h16-31,34-40H,8-15H2,1-7H3,(H,41,42)(H,43,44). The third kappa shape index (κ3) is 7.26. The van der Waals surface area contributed by atoms with Gasteiger partial charge in [0.15, 0.2) is 0 Å². The molecular formula is C35H62N4O6. The SMILES string of the molecule is COC(C)C1C2CC3NC(CC4NC(CC5NC(CC(N2)C1C)C(C(C)O)C5C)C(C)C4CCC(=O)O)C(CCC(=O)O)C3C. The second-order valence-corrected chi connectivity index (χ2v) is 15.9. The van der Waals surface area contributed by atoms with Crippen molar-refractivity contribution >= 4 is 11.9 Å². The summed E-state index contributed by atoms with van der Waals surface area (Å²) >= 11 is 0. The summed E-state index contributed by atoms with van der Waals surface area (Å²) < 4.78 is 5.97. The highest BCUT2D eigenvalue weighted by Gasteiger charge is 2.52. The second kappa shape index (κ2) is 14.4. The van der Waals surface area contributed by atoms with Crippen molar-refractivity contribution in [2.75, 3.05) is 7.11 Å². The van der Waals surface area contributed by atoms with Gasteiger partial charge < -0.3 is 41.3 Å². The quantitative estimate of drug-likeness (QED) is 0.202. The summed E-state index contributed by atoms with van der Waals surface area (Å²) in [5, 5.41) is 46.4. The predicted molar refractivity (Wildman–Crippen MR) is 174 cm³/mol. The molecule has 18 unspecified atom stereocenters. The van der Waals surface area contributed by atoms with Crippen molar-refractivity contribution in [3.8, 4) is 0 Å². The van der Waals surface area contributed by atoms with E-state index in [4.69, 9.17) is 4.74 Å². The first-order valence-electron chi connectivity index (χ1n) is 18.0. The molecule has 0 saturated carbocycles. The lowest BCUT2D eigenvalue weighted by Gasteiger charge is -2.31. The van der Waals surface area contributed by atoms with Crippen LogP contribution in [0.5, 0.6) is 0 Å². The number of fused-ring (bicyclic) bond motifs is 8. The number of methoxy groups -OCH3 is 1. The summed E-state index contributed by atoms with van der Waals surface area (Å²) in [5.41, 5.74) is 0. The van der Waals surface area contributed by atoms with Gasteiger partial charge in [0.25, 0.3) is 0 Å². The molecule has 8 bridgehead atoms. The maximum atomic E-state index is 11.7. The zero-order chi connectivity index (χ0) is 32.7. The van der Waals surface area contributed by atoms with Crippen LogP contribution in [0, 0.1) is 47.3 Å². The van der Waals surface area contributed by atoms with Gasteiger partial charge in [0, 0.05) is 80.1 Å². The third-order valence-corrected chi connectivity index (χ3v) is 13.7. The fraction of sp³-hybridized carbons (Fsp3) is 0.943. The molecule has 5 aliphatic rings. The Kier molecular flexibility index (Phi) is 11.2. The molecule has 45 heavy (non-hydrogen) atoms. The summed E-state index contributed by atoms with van der Waals surface area (Å²) in [6, 6.07) is 1.89. The Labute approximate surface area is 270 Å². The summed E-state index contributed by atoms with van der Waals surface area (Å²) in [6.45, 7) is 13.4. The van der Waals surface area contributed by atoms with Gasteiger partial charge in [0.2, 0.25) is 0 Å². The Hall–Kier alpha value is -1.30. The summed E-state index contributed by atoms with van der Waals surface area (Å²) in [6.07, 6.45) is 5.05. The topological polar surface area (TPSA) is 152 Å². The molecule has 0 aromatic carbocycles.